The van der Waals surface area contributed by atoms with E-state index in [4.69, 9.17) is 16.4 Å². The summed E-state index contributed by atoms with van der Waals surface area (Å²) in [7, 11) is 0. The number of rotatable bonds is 2. The molecule has 0 N–H and O–H groups in total. The SMILES string of the molecule is BrCC1=NOCC1.ClCC1=NOCC1. The monoisotopic (exact) mass is 282 g/mol. The summed E-state index contributed by atoms with van der Waals surface area (Å²) in [6, 6.07) is 0. The first-order valence-corrected chi connectivity index (χ1v) is 5.99. The van der Waals surface area contributed by atoms with Gasteiger partial charge in [-0.2, -0.15) is 0 Å². The second-order valence-corrected chi connectivity index (χ2v) is 3.58. The number of hydrogen-bond acceptors (Lipinski definition) is 4. The third kappa shape index (κ3) is 4.28. The van der Waals surface area contributed by atoms with E-state index in [1.165, 1.54) is 0 Å². The van der Waals surface area contributed by atoms with Gasteiger partial charge in [0.15, 0.2) is 0 Å². The second-order valence-electron chi connectivity index (χ2n) is 2.75. The van der Waals surface area contributed by atoms with Crippen molar-refractivity contribution < 1.29 is 9.68 Å². The van der Waals surface area contributed by atoms with Crippen LogP contribution in [0, 0.1) is 0 Å². The Hall–Kier alpha value is -0.290. The van der Waals surface area contributed by atoms with Crippen molar-refractivity contribution in [2.75, 3.05) is 24.4 Å². The highest BCUT2D eigenvalue weighted by atomic mass is 79.9. The summed E-state index contributed by atoms with van der Waals surface area (Å²) in [6.07, 6.45) is 1.90. The average Bonchev–Trinajstić information content (AvgIpc) is 2.92. The summed E-state index contributed by atoms with van der Waals surface area (Å²) in [4.78, 5) is 9.36. The van der Waals surface area contributed by atoms with Crippen LogP contribution < -0.4 is 0 Å². The van der Waals surface area contributed by atoms with E-state index in [0.29, 0.717) is 12.5 Å². The van der Waals surface area contributed by atoms with Crippen LogP contribution in [-0.2, 0) is 9.68 Å². The fraction of sp³-hybridized carbons (Fsp3) is 0.750. The number of hydrogen-bond donors (Lipinski definition) is 0. The molecule has 0 bridgehead atoms. The van der Waals surface area contributed by atoms with Gasteiger partial charge in [0, 0.05) is 18.2 Å². The lowest BCUT2D eigenvalue weighted by Crippen LogP contribution is -1.93. The maximum atomic E-state index is 5.40. The van der Waals surface area contributed by atoms with Crippen molar-refractivity contribution in [2.45, 2.75) is 12.8 Å². The van der Waals surface area contributed by atoms with E-state index in [1.54, 1.807) is 0 Å². The van der Waals surface area contributed by atoms with Crippen molar-refractivity contribution in [1.29, 1.82) is 0 Å². The fourth-order valence-electron chi connectivity index (χ4n) is 0.874. The van der Waals surface area contributed by atoms with Gasteiger partial charge in [0.2, 0.25) is 0 Å². The molecule has 0 saturated heterocycles. The van der Waals surface area contributed by atoms with E-state index >= 15 is 0 Å². The minimum atomic E-state index is 0.514. The molecule has 14 heavy (non-hydrogen) atoms. The van der Waals surface area contributed by atoms with Gasteiger partial charge in [0.1, 0.15) is 13.2 Å². The number of oxime groups is 2. The Labute approximate surface area is 96.4 Å². The standard InChI is InChI=1S/C4H6BrNO.C4H6ClNO/c2*5-3-4-1-2-7-6-4/h2*1-3H2. The van der Waals surface area contributed by atoms with Gasteiger partial charge in [-0.15, -0.1) is 11.6 Å². The van der Waals surface area contributed by atoms with E-state index in [-0.39, 0.29) is 0 Å². The van der Waals surface area contributed by atoms with Crippen molar-refractivity contribution >= 4 is 39.0 Å². The van der Waals surface area contributed by atoms with Gasteiger partial charge in [-0.3, -0.25) is 0 Å². The van der Waals surface area contributed by atoms with Crippen LogP contribution in [0.3, 0.4) is 0 Å². The normalized spacial score (nSPS) is 18.7. The number of halogens is 2. The predicted molar refractivity (Wildman–Crippen MR) is 60.5 cm³/mol. The molecule has 0 spiro atoms. The minimum Gasteiger partial charge on any atom is -0.395 e. The highest BCUT2D eigenvalue weighted by Crippen LogP contribution is 2.01. The highest BCUT2D eigenvalue weighted by molar-refractivity contribution is 9.09. The molecule has 0 aromatic rings. The zero-order chi connectivity index (χ0) is 10.2. The summed E-state index contributed by atoms with van der Waals surface area (Å²) in [5.41, 5.74) is 2.07. The quantitative estimate of drug-likeness (QED) is 0.729. The fourth-order valence-corrected chi connectivity index (χ4v) is 1.44. The van der Waals surface area contributed by atoms with E-state index < -0.39 is 0 Å². The first kappa shape index (κ1) is 11.8. The third-order valence-electron chi connectivity index (χ3n) is 1.66. The lowest BCUT2D eigenvalue weighted by Gasteiger charge is -1.79. The lowest BCUT2D eigenvalue weighted by molar-refractivity contribution is 0.173. The molecule has 4 nitrogen and oxygen atoms in total. The zero-order valence-electron chi connectivity index (χ0n) is 7.71. The van der Waals surface area contributed by atoms with Crippen LogP contribution in [0.1, 0.15) is 12.8 Å². The van der Waals surface area contributed by atoms with E-state index in [2.05, 4.69) is 31.1 Å². The smallest absolute Gasteiger partial charge is 0.122 e. The van der Waals surface area contributed by atoms with Gasteiger partial charge in [0.05, 0.1) is 17.3 Å². The van der Waals surface area contributed by atoms with Crippen LogP contribution in [0.4, 0.5) is 0 Å². The summed E-state index contributed by atoms with van der Waals surface area (Å²) in [5.74, 6) is 0.514. The molecular formula is C8H12BrClN2O2. The highest BCUT2D eigenvalue weighted by Gasteiger charge is 2.04. The number of alkyl halides is 2. The van der Waals surface area contributed by atoms with Crippen molar-refractivity contribution in [3.05, 3.63) is 0 Å². The molecule has 6 heteroatoms. The van der Waals surface area contributed by atoms with Crippen molar-refractivity contribution in [3.63, 3.8) is 0 Å². The maximum Gasteiger partial charge on any atom is 0.122 e. The van der Waals surface area contributed by atoms with Crippen LogP contribution in [0.2, 0.25) is 0 Å². The Morgan fingerprint density at radius 2 is 1.71 bits per heavy atom. The van der Waals surface area contributed by atoms with E-state index in [1.807, 2.05) is 0 Å². The summed E-state index contributed by atoms with van der Waals surface area (Å²) in [6.45, 7) is 1.48. The molecule has 2 heterocycles. The van der Waals surface area contributed by atoms with Gasteiger partial charge < -0.3 is 9.68 Å². The summed E-state index contributed by atoms with van der Waals surface area (Å²) < 4.78 is 0. The molecule has 80 valence electrons. The van der Waals surface area contributed by atoms with Crippen molar-refractivity contribution in [3.8, 4) is 0 Å². The molecule has 0 aromatic heterocycles. The average molecular weight is 284 g/mol. The molecule has 0 radical (unpaired) electrons. The number of nitrogens with zero attached hydrogens (tertiary/aromatic N) is 2. The first-order chi connectivity index (χ1) is 6.86. The molecule has 0 atom stereocenters. The van der Waals surface area contributed by atoms with Crippen LogP contribution in [0.5, 0.6) is 0 Å². The molecule has 0 amide bonds. The minimum absolute atomic E-state index is 0.514. The molecule has 0 fully saturated rings. The molecular weight excluding hydrogens is 271 g/mol. The first-order valence-electron chi connectivity index (χ1n) is 4.34. The molecule has 2 aliphatic heterocycles. The Bertz CT molecular complexity index is 209. The molecule has 0 saturated carbocycles. The van der Waals surface area contributed by atoms with Crippen LogP contribution in [0.25, 0.3) is 0 Å². The topological polar surface area (TPSA) is 43.2 Å². The third-order valence-corrected chi connectivity index (χ3v) is 2.62. The molecule has 0 aromatic carbocycles. The summed E-state index contributed by atoms with van der Waals surface area (Å²) in [5, 5.41) is 8.22. The molecule has 0 unspecified atom stereocenters. The van der Waals surface area contributed by atoms with Gasteiger partial charge in [-0.1, -0.05) is 26.2 Å². The maximum absolute atomic E-state index is 5.40. The van der Waals surface area contributed by atoms with Crippen LogP contribution in [0.15, 0.2) is 10.3 Å². The Balaban J connectivity index is 0.000000140. The molecule has 2 aliphatic rings. The molecule has 0 aliphatic carbocycles. The Kier molecular flexibility index (Phi) is 5.94. The van der Waals surface area contributed by atoms with E-state index in [0.717, 1.165) is 36.2 Å². The van der Waals surface area contributed by atoms with Gasteiger partial charge in [-0.25, -0.2) is 0 Å². The lowest BCUT2D eigenvalue weighted by atomic mass is 10.3. The Morgan fingerprint density at radius 1 is 1.14 bits per heavy atom. The van der Waals surface area contributed by atoms with Crippen LogP contribution in [-0.4, -0.2) is 35.8 Å². The van der Waals surface area contributed by atoms with E-state index in [9.17, 15) is 0 Å². The van der Waals surface area contributed by atoms with Gasteiger partial charge >= 0.3 is 0 Å². The van der Waals surface area contributed by atoms with Crippen molar-refractivity contribution in [2.24, 2.45) is 10.3 Å². The van der Waals surface area contributed by atoms with Gasteiger partial charge in [-0.05, 0) is 0 Å². The summed E-state index contributed by atoms with van der Waals surface area (Å²) >= 11 is 8.66. The predicted octanol–water partition coefficient (Wildman–Crippen LogP) is 2.16. The Morgan fingerprint density at radius 3 is 1.93 bits per heavy atom. The van der Waals surface area contributed by atoms with Crippen LogP contribution >= 0.6 is 27.5 Å². The van der Waals surface area contributed by atoms with Gasteiger partial charge in [0.25, 0.3) is 0 Å². The largest absolute Gasteiger partial charge is 0.395 e. The molecule has 2 rings (SSSR count). The van der Waals surface area contributed by atoms with Crippen molar-refractivity contribution in [1.82, 2.24) is 0 Å². The second kappa shape index (κ2) is 7.06. The zero-order valence-corrected chi connectivity index (χ0v) is 10.1.